The molecule has 0 aliphatic heterocycles. The summed E-state index contributed by atoms with van der Waals surface area (Å²) in [4.78, 5) is 3.75. The average molecular weight is 366 g/mol. The number of nitrogens with two attached hydrogens (primary N) is 1. The van der Waals surface area contributed by atoms with Gasteiger partial charge in [-0.05, 0) is 34.1 Å². The monoisotopic (exact) mass is 364 g/mol. The first kappa shape index (κ1) is 14.2. The molecule has 1 heterocycles. The minimum absolute atomic E-state index is 0.0555. The SMILES string of the molecule is Cn1cnc(N)c1S(=O)(=O)Nc1ccc(Cl)cc1Br. The molecule has 0 saturated heterocycles. The number of imidazole rings is 1. The van der Waals surface area contributed by atoms with Crippen molar-refractivity contribution in [1.29, 1.82) is 0 Å². The van der Waals surface area contributed by atoms with Crippen LogP contribution in [0.2, 0.25) is 5.02 Å². The zero-order valence-corrected chi connectivity index (χ0v) is 12.9. The molecule has 1 aromatic heterocycles. The van der Waals surface area contributed by atoms with E-state index >= 15 is 0 Å². The fraction of sp³-hybridized carbons (Fsp3) is 0.100. The lowest BCUT2D eigenvalue weighted by Crippen LogP contribution is -2.17. The number of sulfonamides is 1. The van der Waals surface area contributed by atoms with Crippen LogP contribution in [-0.4, -0.2) is 18.0 Å². The number of nitrogens with zero attached hydrogens (tertiary/aromatic N) is 2. The van der Waals surface area contributed by atoms with Gasteiger partial charge in [0.2, 0.25) is 0 Å². The highest BCUT2D eigenvalue weighted by Gasteiger charge is 2.23. The van der Waals surface area contributed by atoms with E-state index in [9.17, 15) is 8.42 Å². The van der Waals surface area contributed by atoms with Crippen molar-refractivity contribution in [2.75, 3.05) is 10.5 Å². The standard InChI is InChI=1S/C10H10BrClN4O2S/c1-16-5-14-9(13)10(16)19(17,18)15-8-3-2-6(12)4-7(8)11/h2-5,15H,13H2,1H3. The smallest absolute Gasteiger partial charge is 0.281 e. The van der Waals surface area contributed by atoms with E-state index in [2.05, 4.69) is 25.6 Å². The van der Waals surface area contributed by atoms with Crippen LogP contribution < -0.4 is 10.5 Å². The first-order valence-electron chi connectivity index (χ1n) is 5.06. The van der Waals surface area contributed by atoms with Crippen LogP contribution in [0.5, 0.6) is 0 Å². The van der Waals surface area contributed by atoms with Gasteiger partial charge in [0.05, 0.1) is 12.0 Å². The zero-order valence-electron chi connectivity index (χ0n) is 9.76. The summed E-state index contributed by atoms with van der Waals surface area (Å²) in [6.07, 6.45) is 1.33. The third-order valence-electron chi connectivity index (χ3n) is 2.34. The van der Waals surface area contributed by atoms with Crippen LogP contribution in [0.1, 0.15) is 0 Å². The Morgan fingerprint density at radius 1 is 1.47 bits per heavy atom. The summed E-state index contributed by atoms with van der Waals surface area (Å²) in [6, 6.07) is 4.72. The second kappa shape index (κ2) is 5.03. The molecule has 0 aliphatic carbocycles. The molecule has 0 atom stereocenters. The van der Waals surface area contributed by atoms with Crippen LogP contribution in [-0.2, 0) is 17.1 Å². The van der Waals surface area contributed by atoms with Crippen LogP contribution in [0, 0.1) is 0 Å². The fourth-order valence-electron chi connectivity index (χ4n) is 1.53. The molecule has 0 aliphatic rings. The highest BCUT2D eigenvalue weighted by atomic mass is 79.9. The minimum Gasteiger partial charge on any atom is -0.381 e. The van der Waals surface area contributed by atoms with Crippen molar-refractivity contribution in [2.45, 2.75) is 5.03 Å². The lowest BCUT2D eigenvalue weighted by molar-refractivity contribution is 0.592. The van der Waals surface area contributed by atoms with Crippen molar-refractivity contribution in [2.24, 2.45) is 7.05 Å². The summed E-state index contributed by atoms with van der Waals surface area (Å²) in [5.41, 5.74) is 5.93. The van der Waals surface area contributed by atoms with Gasteiger partial charge in [-0.1, -0.05) is 11.6 Å². The van der Waals surface area contributed by atoms with Crippen LogP contribution in [0.15, 0.2) is 34.0 Å². The minimum atomic E-state index is -3.81. The number of nitrogen functional groups attached to an aromatic ring is 1. The number of aromatic nitrogens is 2. The van der Waals surface area contributed by atoms with Crippen LogP contribution in [0.25, 0.3) is 0 Å². The van der Waals surface area contributed by atoms with Gasteiger partial charge in [0.1, 0.15) is 0 Å². The number of anilines is 2. The van der Waals surface area contributed by atoms with Crippen LogP contribution >= 0.6 is 27.5 Å². The Balaban J connectivity index is 2.42. The van der Waals surface area contributed by atoms with Crippen molar-refractivity contribution < 1.29 is 8.42 Å². The van der Waals surface area contributed by atoms with Gasteiger partial charge in [0, 0.05) is 16.5 Å². The number of benzene rings is 1. The first-order chi connectivity index (χ1) is 8.81. The van der Waals surface area contributed by atoms with Gasteiger partial charge in [0.25, 0.3) is 10.0 Å². The maximum atomic E-state index is 12.2. The molecule has 1 aromatic carbocycles. The third kappa shape index (κ3) is 2.85. The van der Waals surface area contributed by atoms with Gasteiger partial charge in [-0.15, -0.1) is 0 Å². The van der Waals surface area contributed by atoms with Crippen molar-refractivity contribution in [3.8, 4) is 0 Å². The number of hydrogen-bond donors (Lipinski definition) is 2. The summed E-state index contributed by atoms with van der Waals surface area (Å²) in [6.45, 7) is 0. The molecule has 6 nitrogen and oxygen atoms in total. The molecular weight excluding hydrogens is 356 g/mol. The summed E-state index contributed by atoms with van der Waals surface area (Å²) in [7, 11) is -2.26. The van der Waals surface area contributed by atoms with Gasteiger partial charge in [-0.25, -0.2) is 4.98 Å². The first-order valence-corrected chi connectivity index (χ1v) is 7.71. The van der Waals surface area contributed by atoms with Crippen molar-refractivity contribution in [1.82, 2.24) is 9.55 Å². The fourth-order valence-corrected chi connectivity index (χ4v) is 3.76. The lowest BCUT2D eigenvalue weighted by Gasteiger charge is -2.10. The van der Waals surface area contributed by atoms with Crippen molar-refractivity contribution >= 4 is 49.1 Å². The molecule has 3 N–H and O–H groups in total. The van der Waals surface area contributed by atoms with E-state index in [0.717, 1.165) is 0 Å². The predicted molar refractivity (Wildman–Crippen MR) is 77.6 cm³/mol. The largest absolute Gasteiger partial charge is 0.381 e. The molecule has 2 aromatic rings. The Morgan fingerprint density at radius 2 is 2.16 bits per heavy atom. The van der Waals surface area contributed by atoms with Gasteiger partial charge in [0.15, 0.2) is 10.8 Å². The Morgan fingerprint density at radius 3 is 2.68 bits per heavy atom. The molecule has 0 fully saturated rings. The molecule has 0 radical (unpaired) electrons. The van der Waals surface area contributed by atoms with Crippen molar-refractivity contribution in [3.05, 3.63) is 34.0 Å². The molecule has 0 saturated carbocycles. The molecule has 102 valence electrons. The molecule has 0 bridgehead atoms. The van der Waals surface area contributed by atoms with E-state index in [4.69, 9.17) is 17.3 Å². The number of aryl methyl sites for hydroxylation is 1. The zero-order chi connectivity index (χ0) is 14.2. The maximum Gasteiger partial charge on any atom is 0.281 e. The number of hydrogen-bond acceptors (Lipinski definition) is 4. The van der Waals surface area contributed by atoms with Gasteiger partial charge < -0.3 is 10.3 Å². The molecule has 0 amide bonds. The summed E-state index contributed by atoms with van der Waals surface area (Å²) in [5, 5.41) is 0.407. The van der Waals surface area contributed by atoms with E-state index in [0.29, 0.717) is 15.2 Å². The second-order valence-corrected chi connectivity index (χ2v) is 6.66. The Hall–Kier alpha value is -1.25. The number of nitrogens with one attached hydrogen (secondary N) is 1. The van der Waals surface area contributed by atoms with E-state index < -0.39 is 10.0 Å². The van der Waals surface area contributed by atoms with E-state index in [-0.39, 0.29) is 10.8 Å². The molecule has 0 spiro atoms. The highest BCUT2D eigenvalue weighted by molar-refractivity contribution is 9.10. The van der Waals surface area contributed by atoms with E-state index in [1.165, 1.54) is 10.9 Å². The molecular formula is C10H10BrClN4O2S. The summed E-state index contributed by atoms with van der Waals surface area (Å²) in [5.74, 6) is -0.0555. The molecule has 19 heavy (non-hydrogen) atoms. The highest BCUT2D eigenvalue weighted by Crippen LogP contribution is 2.28. The lowest BCUT2D eigenvalue weighted by atomic mass is 10.3. The molecule has 0 unspecified atom stereocenters. The Kier molecular flexibility index (Phi) is 3.75. The summed E-state index contributed by atoms with van der Waals surface area (Å²) < 4.78 is 28.8. The maximum absolute atomic E-state index is 12.2. The van der Waals surface area contributed by atoms with E-state index in [1.54, 1.807) is 25.2 Å². The Bertz CT molecular complexity index is 710. The average Bonchev–Trinajstić information content (AvgIpc) is 2.63. The topological polar surface area (TPSA) is 90.0 Å². The summed E-state index contributed by atoms with van der Waals surface area (Å²) >= 11 is 9.03. The molecule has 9 heteroatoms. The quantitative estimate of drug-likeness (QED) is 0.872. The number of halogens is 2. The van der Waals surface area contributed by atoms with Crippen LogP contribution in [0.3, 0.4) is 0 Å². The Labute approximate surface area is 123 Å². The van der Waals surface area contributed by atoms with Crippen LogP contribution in [0.4, 0.5) is 11.5 Å². The number of rotatable bonds is 3. The normalized spacial score (nSPS) is 11.5. The predicted octanol–water partition coefficient (Wildman–Crippen LogP) is 2.22. The van der Waals surface area contributed by atoms with Crippen molar-refractivity contribution in [3.63, 3.8) is 0 Å². The molecule has 2 rings (SSSR count). The van der Waals surface area contributed by atoms with Gasteiger partial charge in [-0.2, -0.15) is 8.42 Å². The second-order valence-electron chi connectivity index (χ2n) is 3.78. The third-order valence-corrected chi connectivity index (χ3v) is 4.73. The van der Waals surface area contributed by atoms with E-state index in [1.807, 2.05) is 0 Å². The van der Waals surface area contributed by atoms with Gasteiger partial charge >= 0.3 is 0 Å². The van der Waals surface area contributed by atoms with Gasteiger partial charge in [-0.3, -0.25) is 4.72 Å².